The third-order valence-corrected chi connectivity index (χ3v) is 6.89. The molecule has 0 amide bonds. The van der Waals surface area contributed by atoms with Gasteiger partial charge in [0.1, 0.15) is 0 Å². The fourth-order valence-corrected chi connectivity index (χ4v) is 4.86. The molecule has 0 bridgehead atoms. The number of allylic oxidation sites excluding steroid dienone is 1. The number of hydrogen-bond donors (Lipinski definition) is 1. The van der Waals surface area contributed by atoms with E-state index in [1.54, 1.807) is 6.08 Å². The average molecular weight is 399 g/mol. The Morgan fingerprint density at radius 3 is 2.43 bits per heavy atom. The molecule has 1 fully saturated rings. The van der Waals surface area contributed by atoms with Crippen molar-refractivity contribution in [2.24, 2.45) is 0 Å². The topological polar surface area (TPSA) is 58.6 Å². The zero-order valence-corrected chi connectivity index (χ0v) is 16.7. The molecule has 6 heteroatoms. The second kappa shape index (κ2) is 8.57. The van der Waals surface area contributed by atoms with Gasteiger partial charge in [-0.1, -0.05) is 48.5 Å². The fraction of sp³-hybridized carbons (Fsp3) is 0.364. The Kier molecular flexibility index (Phi) is 5.92. The standard InChI is InChI=1S/C22H26N2O3S/c25-28(26,22-10-9-20-3-1-2-4-21(20)15-22)23-16-18-5-7-19(8-6-18)17-24-11-13-27-14-12-24/h1-8,15,23H,9-14,16-17H2. The minimum absolute atomic E-state index is 0.305. The maximum absolute atomic E-state index is 12.7. The first-order valence-corrected chi connectivity index (χ1v) is 11.2. The quantitative estimate of drug-likeness (QED) is 0.813. The third kappa shape index (κ3) is 4.70. The molecule has 0 atom stereocenters. The monoisotopic (exact) mass is 398 g/mol. The van der Waals surface area contributed by atoms with Crippen molar-refractivity contribution >= 4 is 16.1 Å². The number of aryl methyl sites for hydroxylation is 1. The summed E-state index contributed by atoms with van der Waals surface area (Å²) in [5.41, 5.74) is 4.41. The second-order valence-electron chi connectivity index (χ2n) is 7.34. The number of nitrogens with one attached hydrogen (secondary N) is 1. The van der Waals surface area contributed by atoms with Gasteiger partial charge in [0.05, 0.1) is 18.1 Å². The van der Waals surface area contributed by atoms with Gasteiger partial charge in [0, 0.05) is 26.2 Å². The van der Waals surface area contributed by atoms with E-state index in [9.17, 15) is 8.42 Å². The summed E-state index contributed by atoms with van der Waals surface area (Å²) in [6.07, 6.45) is 3.11. The Morgan fingerprint density at radius 1 is 0.929 bits per heavy atom. The number of ether oxygens (including phenoxy) is 1. The van der Waals surface area contributed by atoms with Crippen LogP contribution in [0.25, 0.3) is 6.08 Å². The van der Waals surface area contributed by atoms with Gasteiger partial charge in [-0.3, -0.25) is 4.90 Å². The first-order chi connectivity index (χ1) is 13.6. The predicted molar refractivity (Wildman–Crippen MR) is 111 cm³/mol. The second-order valence-corrected chi connectivity index (χ2v) is 9.16. The van der Waals surface area contributed by atoms with Crippen molar-refractivity contribution in [3.8, 4) is 0 Å². The first-order valence-electron chi connectivity index (χ1n) is 9.76. The Hall–Kier alpha value is -1.99. The van der Waals surface area contributed by atoms with Gasteiger partial charge in [-0.15, -0.1) is 0 Å². The van der Waals surface area contributed by atoms with Crippen molar-refractivity contribution in [1.82, 2.24) is 9.62 Å². The Labute approximate surface area is 167 Å². The van der Waals surface area contributed by atoms with Gasteiger partial charge in [0.15, 0.2) is 0 Å². The lowest BCUT2D eigenvalue weighted by molar-refractivity contribution is 0.0342. The molecule has 1 heterocycles. The summed E-state index contributed by atoms with van der Waals surface area (Å²) in [6.45, 7) is 4.71. The van der Waals surface area contributed by atoms with Gasteiger partial charge in [0.25, 0.3) is 0 Å². The summed E-state index contributed by atoms with van der Waals surface area (Å²) in [6, 6.07) is 16.1. The van der Waals surface area contributed by atoms with Crippen molar-refractivity contribution in [3.05, 3.63) is 75.7 Å². The van der Waals surface area contributed by atoms with Crippen LogP contribution in [-0.2, 0) is 34.3 Å². The molecule has 1 aliphatic carbocycles. The minimum Gasteiger partial charge on any atom is -0.379 e. The van der Waals surface area contributed by atoms with E-state index < -0.39 is 10.0 Å². The Morgan fingerprint density at radius 2 is 1.64 bits per heavy atom. The van der Waals surface area contributed by atoms with Crippen LogP contribution in [0.3, 0.4) is 0 Å². The Balaban J connectivity index is 1.36. The molecule has 1 saturated heterocycles. The van der Waals surface area contributed by atoms with E-state index in [-0.39, 0.29) is 0 Å². The van der Waals surface area contributed by atoms with Crippen molar-refractivity contribution in [2.75, 3.05) is 26.3 Å². The number of rotatable bonds is 6. The summed E-state index contributed by atoms with van der Waals surface area (Å²) in [5, 5.41) is 0. The molecule has 2 aliphatic rings. The summed E-state index contributed by atoms with van der Waals surface area (Å²) >= 11 is 0. The highest BCUT2D eigenvalue weighted by Crippen LogP contribution is 2.26. The summed E-state index contributed by atoms with van der Waals surface area (Å²) in [7, 11) is -3.47. The van der Waals surface area contributed by atoms with Gasteiger partial charge in [-0.05, 0) is 41.2 Å². The first kappa shape index (κ1) is 19.3. The van der Waals surface area contributed by atoms with E-state index in [1.165, 1.54) is 11.1 Å². The summed E-state index contributed by atoms with van der Waals surface area (Å²) < 4.78 is 33.5. The van der Waals surface area contributed by atoms with Crippen molar-refractivity contribution in [1.29, 1.82) is 0 Å². The largest absolute Gasteiger partial charge is 0.379 e. The van der Waals surface area contributed by atoms with Gasteiger partial charge in [0.2, 0.25) is 10.0 Å². The van der Waals surface area contributed by atoms with Crippen molar-refractivity contribution in [3.63, 3.8) is 0 Å². The lowest BCUT2D eigenvalue weighted by atomic mass is 9.98. The normalized spacial score (nSPS) is 17.8. The highest BCUT2D eigenvalue weighted by molar-refractivity contribution is 7.93. The van der Waals surface area contributed by atoms with E-state index in [0.29, 0.717) is 17.9 Å². The van der Waals surface area contributed by atoms with Crippen LogP contribution >= 0.6 is 0 Å². The zero-order valence-electron chi connectivity index (χ0n) is 15.9. The van der Waals surface area contributed by atoms with Crippen LogP contribution in [0.1, 0.15) is 28.7 Å². The van der Waals surface area contributed by atoms with E-state index >= 15 is 0 Å². The fourth-order valence-electron chi connectivity index (χ4n) is 3.67. The number of sulfonamides is 1. The molecular formula is C22H26N2O3S. The summed E-state index contributed by atoms with van der Waals surface area (Å²) in [5.74, 6) is 0. The Bertz CT molecular complexity index is 946. The number of morpholine rings is 1. The van der Waals surface area contributed by atoms with Crippen LogP contribution in [0.5, 0.6) is 0 Å². The molecule has 148 valence electrons. The average Bonchev–Trinajstić information content (AvgIpc) is 2.74. The number of fused-ring (bicyclic) bond motifs is 1. The lowest BCUT2D eigenvalue weighted by Crippen LogP contribution is -2.35. The van der Waals surface area contributed by atoms with Gasteiger partial charge in [-0.25, -0.2) is 13.1 Å². The maximum Gasteiger partial charge on any atom is 0.237 e. The highest BCUT2D eigenvalue weighted by Gasteiger charge is 2.21. The lowest BCUT2D eigenvalue weighted by Gasteiger charge is -2.26. The molecule has 4 rings (SSSR count). The van der Waals surface area contributed by atoms with E-state index in [2.05, 4.69) is 27.8 Å². The van der Waals surface area contributed by atoms with Crippen LogP contribution in [0.2, 0.25) is 0 Å². The molecule has 5 nitrogen and oxygen atoms in total. The number of hydrogen-bond acceptors (Lipinski definition) is 4. The molecule has 0 radical (unpaired) electrons. The van der Waals surface area contributed by atoms with Crippen LogP contribution in [0.15, 0.2) is 53.4 Å². The van der Waals surface area contributed by atoms with Gasteiger partial charge < -0.3 is 4.74 Å². The molecule has 1 aliphatic heterocycles. The molecule has 0 spiro atoms. The SMILES string of the molecule is O=S(=O)(NCc1ccc(CN2CCOCC2)cc1)C1=Cc2ccccc2CC1. The van der Waals surface area contributed by atoms with Crippen LogP contribution in [0.4, 0.5) is 0 Å². The van der Waals surface area contributed by atoms with Gasteiger partial charge >= 0.3 is 0 Å². The molecular weight excluding hydrogens is 372 g/mol. The van der Waals surface area contributed by atoms with Crippen molar-refractivity contribution < 1.29 is 13.2 Å². The molecule has 0 unspecified atom stereocenters. The van der Waals surface area contributed by atoms with Crippen molar-refractivity contribution in [2.45, 2.75) is 25.9 Å². The van der Waals surface area contributed by atoms with Crippen LogP contribution in [0, 0.1) is 0 Å². The minimum atomic E-state index is -3.47. The smallest absolute Gasteiger partial charge is 0.237 e. The molecule has 0 saturated carbocycles. The maximum atomic E-state index is 12.7. The van der Waals surface area contributed by atoms with Crippen LogP contribution in [-0.4, -0.2) is 39.6 Å². The molecule has 28 heavy (non-hydrogen) atoms. The van der Waals surface area contributed by atoms with E-state index in [1.807, 2.05) is 30.3 Å². The predicted octanol–water partition coefficient (Wildman–Crippen LogP) is 2.93. The molecule has 1 N–H and O–H groups in total. The molecule has 0 aromatic heterocycles. The van der Waals surface area contributed by atoms with Crippen LogP contribution < -0.4 is 4.72 Å². The van der Waals surface area contributed by atoms with E-state index in [0.717, 1.165) is 50.4 Å². The third-order valence-electron chi connectivity index (χ3n) is 5.36. The number of benzene rings is 2. The summed E-state index contributed by atoms with van der Waals surface area (Å²) in [4.78, 5) is 2.84. The molecule has 2 aromatic carbocycles. The van der Waals surface area contributed by atoms with E-state index in [4.69, 9.17) is 4.74 Å². The highest BCUT2D eigenvalue weighted by atomic mass is 32.2. The number of nitrogens with zero attached hydrogens (tertiary/aromatic N) is 1. The van der Waals surface area contributed by atoms with Gasteiger partial charge in [-0.2, -0.15) is 0 Å². The molecule has 2 aromatic rings. The zero-order chi connectivity index (χ0) is 19.4.